The molecule has 3 rings (SSSR count). The molecule has 1 aliphatic heterocycles. The summed E-state index contributed by atoms with van der Waals surface area (Å²) in [5.41, 5.74) is 0.985. The van der Waals surface area contributed by atoms with E-state index in [2.05, 4.69) is 4.98 Å². The van der Waals surface area contributed by atoms with Crippen LogP contribution in [0.2, 0.25) is 0 Å². The number of likely N-dealkylation sites (tertiary alicyclic amines) is 1. The highest BCUT2D eigenvalue weighted by molar-refractivity contribution is 5.79. The summed E-state index contributed by atoms with van der Waals surface area (Å²) in [4.78, 5) is 30.0. The van der Waals surface area contributed by atoms with Gasteiger partial charge in [-0.3, -0.25) is 9.59 Å². The number of carboxylic acid groups (broad SMARTS) is 1. The highest BCUT2D eigenvalue weighted by Gasteiger charge is 2.40. The molecular weight excluding hydrogens is 318 g/mol. The Morgan fingerprint density at radius 2 is 2.00 bits per heavy atom. The van der Waals surface area contributed by atoms with Crippen molar-refractivity contribution in [3.8, 4) is 0 Å². The summed E-state index contributed by atoms with van der Waals surface area (Å²) >= 11 is 0. The Morgan fingerprint density at radius 1 is 1.24 bits per heavy atom. The van der Waals surface area contributed by atoms with Gasteiger partial charge in [0.15, 0.2) is 0 Å². The van der Waals surface area contributed by atoms with Crippen LogP contribution in [0.3, 0.4) is 0 Å². The molecule has 132 valence electrons. The predicted molar refractivity (Wildman–Crippen MR) is 93.1 cm³/mol. The Labute approximate surface area is 147 Å². The molecule has 1 fully saturated rings. The van der Waals surface area contributed by atoms with Gasteiger partial charge in [-0.1, -0.05) is 30.3 Å². The molecule has 0 unspecified atom stereocenters. The normalized spacial score (nSPS) is 20.0. The Hall–Kier alpha value is -2.63. The SMILES string of the molecule is Cc1nccn1CCCC(=O)N1C[C@H](C(=O)O)[C@@H](c2ccccc2)C1. The van der Waals surface area contributed by atoms with E-state index in [1.165, 1.54) is 0 Å². The van der Waals surface area contributed by atoms with E-state index in [-0.39, 0.29) is 18.4 Å². The van der Waals surface area contributed by atoms with Crippen molar-refractivity contribution in [2.75, 3.05) is 13.1 Å². The molecule has 6 nitrogen and oxygen atoms in total. The van der Waals surface area contributed by atoms with E-state index >= 15 is 0 Å². The second-order valence-electron chi connectivity index (χ2n) is 6.53. The summed E-state index contributed by atoms with van der Waals surface area (Å²) in [6.07, 6.45) is 4.80. The maximum atomic E-state index is 12.5. The van der Waals surface area contributed by atoms with Gasteiger partial charge in [0.2, 0.25) is 5.91 Å². The highest BCUT2D eigenvalue weighted by atomic mass is 16.4. The number of benzene rings is 1. The zero-order valence-corrected chi connectivity index (χ0v) is 14.3. The summed E-state index contributed by atoms with van der Waals surface area (Å²) in [5.74, 6) is -0.551. The molecule has 0 spiro atoms. The van der Waals surface area contributed by atoms with Crippen LogP contribution in [0.4, 0.5) is 0 Å². The number of amides is 1. The van der Waals surface area contributed by atoms with Crippen molar-refractivity contribution < 1.29 is 14.7 Å². The minimum atomic E-state index is -0.835. The highest BCUT2D eigenvalue weighted by Crippen LogP contribution is 2.33. The molecule has 2 atom stereocenters. The van der Waals surface area contributed by atoms with Gasteiger partial charge < -0.3 is 14.6 Å². The molecule has 1 aromatic heterocycles. The number of nitrogens with zero attached hydrogens (tertiary/aromatic N) is 3. The van der Waals surface area contributed by atoms with Crippen LogP contribution in [-0.2, 0) is 16.1 Å². The van der Waals surface area contributed by atoms with Crippen molar-refractivity contribution in [3.05, 3.63) is 54.1 Å². The lowest BCUT2D eigenvalue weighted by Gasteiger charge is -2.16. The van der Waals surface area contributed by atoms with Crippen LogP contribution in [0, 0.1) is 12.8 Å². The molecule has 1 aromatic carbocycles. The predicted octanol–water partition coefficient (Wildman–Crippen LogP) is 2.30. The second kappa shape index (κ2) is 7.51. The molecule has 1 N–H and O–H groups in total. The van der Waals surface area contributed by atoms with Crippen molar-refractivity contribution in [1.29, 1.82) is 0 Å². The fourth-order valence-corrected chi connectivity index (χ4v) is 3.49. The number of carboxylic acids is 1. The van der Waals surface area contributed by atoms with Crippen LogP contribution in [0.25, 0.3) is 0 Å². The average molecular weight is 341 g/mol. The zero-order chi connectivity index (χ0) is 17.8. The maximum Gasteiger partial charge on any atom is 0.308 e. The number of aliphatic carboxylic acids is 1. The Bertz CT molecular complexity index is 741. The number of aromatic nitrogens is 2. The van der Waals surface area contributed by atoms with Gasteiger partial charge in [-0.15, -0.1) is 0 Å². The molecule has 1 saturated heterocycles. The average Bonchev–Trinajstić information content (AvgIpc) is 3.22. The third-order valence-electron chi connectivity index (χ3n) is 4.93. The van der Waals surface area contributed by atoms with Crippen LogP contribution in [-0.4, -0.2) is 44.5 Å². The molecule has 0 bridgehead atoms. The molecular formula is C19H23N3O3. The van der Waals surface area contributed by atoms with Gasteiger partial charge in [0, 0.05) is 44.4 Å². The van der Waals surface area contributed by atoms with Gasteiger partial charge in [0.1, 0.15) is 5.82 Å². The van der Waals surface area contributed by atoms with E-state index in [1.807, 2.05) is 48.0 Å². The van der Waals surface area contributed by atoms with Crippen LogP contribution in [0.15, 0.2) is 42.7 Å². The van der Waals surface area contributed by atoms with E-state index in [1.54, 1.807) is 11.1 Å². The largest absolute Gasteiger partial charge is 0.481 e. The first-order valence-electron chi connectivity index (χ1n) is 8.59. The Morgan fingerprint density at radius 3 is 2.64 bits per heavy atom. The summed E-state index contributed by atoms with van der Waals surface area (Å²) in [5, 5.41) is 9.53. The van der Waals surface area contributed by atoms with Crippen molar-refractivity contribution >= 4 is 11.9 Å². The van der Waals surface area contributed by atoms with E-state index in [9.17, 15) is 14.7 Å². The fourth-order valence-electron chi connectivity index (χ4n) is 3.49. The van der Waals surface area contributed by atoms with Crippen LogP contribution < -0.4 is 0 Å². The first kappa shape index (κ1) is 17.2. The van der Waals surface area contributed by atoms with Crippen molar-refractivity contribution in [1.82, 2.24) is 14.5 Å². The fraction of sp³-hybridized carbons (Fsp3) is 0.421. The molecule has 2 aromatic rings. The van der Waals surface area contributed by atoms with Gasteiger partial charge in [-0.25, -0.2) is 4.98 Å². The van der Waals surface area contributed by atoms with Crippen LogP contribution in [0.5, 0.6) is 0 Å². The first-order chi connectivity index (χ1) is 12.1. The number of carbonyl (C=O) groups excluding carboxylic acids is 1. The monoisotopic (exact) mass is 341 g/mol. The van der Waals surface area contributed by atoms with Gasteiger partial charge in [0.25, 0.3) is 0 Å². The minimum Gasteiger partial charge on any atom is -0.481 e. The lowest BCUT2D eigenvalue weighted by Crippen LogP contribution is -2.29. The molecule has 0 saturated carbocycles. The van der Waals surface area contributed by atoms with Crippen molar-refractivity contribution in [2.45, 2.75) is 32.2 Å². The second-order valence-corrected chi connectivity index (χ2v) is 6.53. The van der Waals surface area contributed by atoms with E-state index in [4.69, 9.17) is 0 Å². The summed E-state index contributed by atoms with van der Waals surface area (Å²) < 4.78 is 2.02. The summed E-state index contributed by atoms with van der Waals surface area (Å²) in [6.45, 7) is 3.45. The van der Waals surface area contributed by atoms with Gasteiger partial charge in [-0.2, -0.15) is 0 Å². The number of hydrogen-bond donors (Lipinski definition) is 1. The molecule has 1 amide bonds. The van der Waals surface area contributed by atoms with E-state index in [0.717, 1.165) is 24.4 Å². The summed E-state index contributed by atoms with van der Waals surface area (Å²) in [6, 6.07) is 9.61. The first-order valence-corrected chi connectivity index (χ1v) is 8.59. The molecule has 1 aliphatic rings. The standard InChI is InChI=1S/C19H23N3O3/c1-14-20-9-11-21(14)10-5-8-18(23)22-12-16(17(13-22)19(24)25)15-6-3-2-4-7-15/h2-4,6-7,9,11,16-17H,5,8,10,12-13H2,1H3,(H,24,25)/t16-,17+/m1/s1. The Balaban J connectivity index is 1.60. The van der Waals surface area contributed by atoms with Crippen molar-refractivity contribution in [2.24, 2.45) is 5.92 Å². The topological polar surface area (TPSA) is 75.4 Å². The molecule has 2 heterocycles. The zero-order valence-electron chi connectivity index (χ0n) is 14.3. The number of imidazole rings is 1. The third kappa shape index (κ3) is 3.90. The smallest absolute Gasteiger partial charge is 0.308 e. The van der Waals surface area contributed by atoms with Gasteiger partial charge >= 0.3 is 5.97 Å². The maximum absolute atomic E-state index is 12.5. The van der Waals surface area contributed by atoms with E-state index < -0.39 is 11.9 Å². The van der Waals surface area contributed by atoms with Crippen LogP contribution >= 0.6 is 0 Å². The lowest BCUT2D eigenvalue weighted by atomic mass is 9.89. The summed E-state index contributed by atoms with van der Waals surface area (Å²) in [7, 11) is 0. The van der Waals surface area contributed by atoms with Gasteiger partial charge in [-0.05, 0) is 18.9 Å². The number of carbonyl (C=O) groups is 2. The quantitative estimate of drug-likeness (QED) is 0.875. The molecule has 6 heteroatoms. The molecule has 0 aliphatic carbocycles. The van der Waals surface area contributed by atoms with Gasteiger partial charge in [0.05, 0.1) is 5.92 Å². The Kier molecular flexibility index (Phi) is 5.16. The number of hydrogen-bond acceptors (Lipinski definition) is 3. The van der Waals surface area contributed by atoms with Crippen LogP contribution in [0.1, 0.15) is 30.1 Å². The minimum absolute atomic E-state index is 0.0300. The molecule has 0 radical (unpaired) electrons. The van der Waals surface area contributed by atoms with Crippen molar-refractivity contribution in [3.63, 3.8) is 0 Å². The van der Waals surface area contributed by atoms with E-state index in [0.29, 0.717) is 13.0 Å². The molecule has 25 heavy (non-hydrogen) atoms. The number of aryl methyl sites for hydroxylation is 2. The lowest BCUT2D eigenvalue weighted by molar-refractivity contribution is -0.141. The number of rotatable bonds is 6. The third-order valence-corrected chi connectivity index (χ3v) is 4.93.